The van der Waals surface area contributed by atoms with E-state index in [1.807, 2.05) is 14.0 Å². The van der Waals surface area contributed by atoms with Crippen molar-refractivity contribution in [2.75, 3.05) is 20.7 Å². The molecule has 0 bridgehead atoms. The Labute approximate surface area is 221 Å². The van der Waals surface area contributed by atoms with Crippen LogP contribution in [0.4, 0.5) is 0 Å². The fourth-order valence-corrected chi connectivity index (χ4v) is 6.65. The Morgan fingerprint density at radius 1 is 1.05 bits per heavy atom. The highest BCUT2D eigenvalue weighted by Gasteiger charge is 2.77. The zero-order chi connectivity index (χ0) is 28.3. The summed E-state index contributed by atoms with van der Waals surface area (Å²) >= 11 is 0. The van der Waals surface area contributed by atoms with Gasteiger partial charge in [-0.05, 0) is 47.2 Å². The minimum atomic E-state index is -4.87. The lowest BCUT2D eigenvalue weighted by Crippen LogP contribution is -2.78. The average molecular weight is 572 g/mol. The van der Waals surface area contributed by atoms with Crippen LogP contribution in [0, 0.1) is 0 Å². The van der Waals surface area contributed by atoms with Crippen LogP contribution in [-0.4, -0.2) is 123 Å². The molecule has 4 aliphatic rings. The van der Waals surface area contributed by atoms with Crippen molar-refractivity contribution in [2.24, 2.45) is 17.2 Å². The highest BCUT2D eigenvalue weighted by atomic mass is 32.3. The smallest absolute Gasteiger partial charge is 0.388 e. The monoisotopic (exact) mass is 571 g/mol. The summed E-state index contributed by atoms with van der Waals surface area (Å²) < 4.78 is 58.0. The maximum atomic E-state index is 12.4. The molecule has 16 nitrogen and oxygen atoms in total. The third-order valence-electron chi connectivity index (χ3n) is 7.84. The van der Waals surface area contributed by atoms with Crippen LogP contribution in [0.1, 0.15) is 33.1 Å². The Kier molecular flexibility index (Phi) is 8.51. The van der Waals surface area contributed by atoms with Gasteiger partial charge in [-0.2, -0.15) is 12.6 Å². The summed E-state index contributed by atoms with van der Waals surface area (Å²) in [6.45, 7) is 2.72. The highest BCUT2D eigenvalue weighted by Crippen LogP contribution is 2.50. The summed E-state index contributed by atoms with van der Waals surface area (Å²) in [4.78, 5) is 0. The van der Waals surface area contributed by atoms with Gasteiger partial charge in [-0.25, -0.2) is 4.18 Å². The molecular formula is C21H41N5O11S. The van der Waals surface area contributed by atoms with Crippen LogP contribution in [0.15, 0.2) is 0 Å². The number of fused-ring (bicyclic) bond motifs is 1. The lowest BCUT2D eigenvalue weighted by atomic mass is 9.83. The fraction of sp³-hybridized carbons (Fsp3) is 1.00. The van der Waals surface area contributed by atoms with Crippen LogP contribution >= 0.6 is 0 Å². The van der Waals surface area contributed by atoms with E-state index in [0.717, 1.165) is 0 Å². The molecular weight excluding hydrogens is 530 g/mol. The summed E-state index contributed by atoms with van der Waals surface area (Å²) in [5.41, 5.74) is 17.0. The number of aliphatic hydroxyl groups is 3. The molecule has 1 saturated carbocycles. The number of aliphatic hydroxyl groups excluding tert-OH is 1. The van der Waals surface area contributed by atoms with Gasteiger partial charge in [0.2, 0.25) is 0 Å². The minimum absolute atomic E-state index is 0.0158. The van der Waals surface area contributed by atoms with E-state index < -0.39 is 83.1 Å². The molecule has 4 rings (SSSR count). The predicted molar refractivity (Wildman–Crippen MR) is 129 cm³/mol. The van der Waals surface area contributed by atoms with Gasteiger partial charge < -0.3 is 62.1 Å². The summed E-state index contributed by atoms with van der Waals surface area (Å²) in [5.74, 6) is -5.72. The Hall–Kier alpha value is -0.610. The van der Waals surface area contributed by atoms with E-state index in [9.17, 15) is 23.7 Å². The van der Waals surface area contributed by atoms with Crippen molar-refractivity contribution < 1.29 is 51.1 Å². The van der Waals surface area contributed by atoms with Crippen molar-refractivity contribution in [2.45, 2.75) is 111 Å². The molecule has 17 heteroatoms. The summed E-state index contributed by atoms with van der Waals surface area (Å²) in [6, 6.07) is -3.68. The van der Waals surface area contributed by atoms with Crippen LogP contribution in [0.5, 0.6) is 0 Å². The van der Waals surface area contributed by atoms with Crippen LogP contribution in [0.25, 0.3) is 0 Å². The minimum Gasteiger partial charge on any atom is -0.388 e. The lowest BCUT2D eigenvalue weighted by Gasteiger charge is -2.52. The Morgan fingerprint density at radius 3 is 2.34 bits per heavy atom. The van der Waals surface area contributed by atoms with Crippen molar-refractivity contribution in [3.05, 3.63) is 0 Å². The van der Waals surface area contributed by atoms with Crippen molar-refractivity contribution in [1.82, 2.24) is 10.6 Å². The van der Waals surface area contributed by atoms with E-state index >= 15 is 0 Å². The first-order valence-corrected chi connectivity index (χ1v) is 14.0. The number of nitrogens with one attached hydrogen (secondary N) is 2. The van der Waals surface area contributed by atoms with Gasteiger partial charge in [0.1, 0.15) is 30.0 Å². The predicted octanol–water partition coefficient (Wildman–Crippen LogP) is -4.38. The summed E-state index contributed by atoms with van der Waals surface area (Å²) in [5, 5.41) is 39.2. The van der Waals surface area contributed by atoms with Gasteiger partial charge in [-0.1, -0.05) is 0 Å². The Bertz CT molecular complexity index is 962. The van der Waals surface area contributed by atoms with E-state index in [1.165, 1.54) is 14.0 Å². The molecule has 0 aromatic carbocycles. The average Bonchev–Trinajstić information content (AvgIpc) is 3.04. The molecule has 38 heavy (non-hydrogen) atoms. The van der Waals surface area contributed by atoms with Gasteiger partial charge in [-0.15, -0.1) is 0 Å². The van der Waals surface area contributed by atoms with Gasteiger partial charge in [0.05, 0.1) is 18.8 Å². The molecule has 0 amide bonds. The molecule has 0 spiro atoms. The topological polar surface area (TPSA) is 252 Å². The molecule has 0 aromatic heterocycles. The second kappa shape index (κ2) is 10.7. The van der Waals surface area contributed by atoms with Gasteiger partial charge in [-0.3, -0.25) is 0 Å². The number of hydrogen-bond acceptors (Lipinski definition) is 16. The van der Waals surface area contributed by atoms with Crippen LogP contribution in [-0.2, 0) is 37.7 Å². The Balaban J connectivity index is 1.59. The summed E-state index contributed by atoms with van der Waals surface area (Å²) in [6.07, 6.45) is -3.79. The number of rotatable bonds is 7. The molecule has 13 atom stereocenters. The number of nitrogens with two attached hydrogens (primary N) is 3. The van der Waals surface area contributed by atoms with Crippen LogP contribution < -0.4 is 27.8 Å². The number of ether oxygens (including phenoxy) is 4. The molecule has 0 aromatic rings. The molecule has 3 heterocycles. The van der Waals surface area contributed by atoms with Crippen molar-refractivity contribution >= 4 is 10.4 Å². The Morgan fingerprint density at radius 2 is 1.71 bits per heavy atom. The van der Waals surface area contributed by atoms with Crippen molar-refractivity contribution in [3.8, 4) is 0 Å². The second-order valence-electron chi connectivity index (χ2n) is 10.8. The van der Waals surface area contributed by atoms with Crippen molar-refractivity contribution in [1.29, 1.82) is 0 Å². The van der Waals surface area contributed by atoms with Gasteiger partial charge >= 0.3 is 16.4 Å². The lowest BCUT2D eigenvalue weighted by molar-refractivity contribution is -0.480. The van der Waals surface area contributed by atoms with Gasteiger partial charge in [0.15, 0.2) is 6.29 Å². The summed E-state index contributed by atoms with van der Waals surface area (Å²) in [7, 11) is -1.70. The fourth-order valence-electron chi connectivity index (χ4n) is 5.63. The molecule has 222 valence electrons. The zero-order valence-corrected chi connectivity index (χ0v) is 22.7. The molecule has 1 aliphatic carbocycles. The maximum Gasteiger partial charge on any atom is 0.407 e. The van der Waals surface area contributed by atoms with E-state index in [4.69, 9.17) is 44.5 Å². The van der Waals surface area contributed by atoms with Crippen LogP contribution in [0.2, 0.25) is 0 Å². The second-order valence-corrected chi connectivity index (χ2v) is 11.9. The third kappa shape index (κ3) is 5.24. The standard InChI is InChI=1S/C21H41N5O11S/c1-9(25-3)13-6-5-10(22)17(33-13)34-15-11(23)7-12(24)16(14(15)27)35-21-20(29,36-38(30,31)37-21)18(26-4)19(2,28)8-32-21/h9-18,25-29H,5-8,22-24H2,1-4H3/t9?,10-,11+,12-,13+,14-,15-,16+,17-,18-,19+,20+,21-/m1/s1. The quantitative estimate of drug-likeness (QED) is 0.144. The molecule has 11 N–H and O–H groups in total. The SMILES string of the molecule is CNC(C)[C@@H]1CC[C@@H](N)[C@@H](O[C@H]2[C@@H](O)[C@@H](O[C@]34OC[C@](C)(O)[C@@H](NC)[C@]3(O)OS(=O)(=O)O4)[C@H](N)C[C@@H]2N)O1. The van der Waals surface area contributed by atoms with E-state index in [0.29, 0.717) is 12.8 Å². The van der Waals surface area contributed by atoms with E-state index in [2.05, 4.69) is 10.6 Å². The van der Waals surface area contributed by atoms with Crippen molar-refractivity contribution in [3.63, 3.8) is 0 Å². The number of hydrogen-bond donors (Lipinski definition) is 8. The van der Waals surface area contributed by atoms with E-state index in [-0.39, 0.29) is 18.6 Å². The van der Waals surface area contributed by atoms with Gasteiger partial charge in [0, 0.05) is 18.1 Å². The maximum absolute atomic E-state index is 12.4. The molecule has 3 saturated heterocycles. The third-order valence-corrected chi connectivity index (χ3v) is 8.72. The zero-order valence-electron chi connectivity index (χ0n) is 21.8. The molecule has 0 radical (unpaired) electrons. The first kappa shape index (κ1) is 30.4. The first-order valence-electron chi connectivity index (χ1n) is 12.6. The number of likely N-dealkylation sites (N-methyl/N-ethyl adjacent to an activating group) is 2. The molecule has 1 unspecified atom stereocenters. The van der Waals surface area contributed by atoms with Gasteiger partial charge in [0.25, 0.3) is 5.79 Å². The molecule has 3 aliphatic heterocycles. The van der Waals surface area contributed by atoms with E-state index in [1.54, 1.807) is 0 Å². The normalized spacial score (nSPS) is 51.9. The van der Waals surface area contributed by atoms with Crippen LogP contribution in [0.3, 0.4) is 0 Å². The highest BCUT2D eigenvalue weighted by molar-refractivity contribution is 7.82. The molecule has 4 fully saturated rings. The largest absolute Gasteiger partial charge is 0.407 e. The first-order chi connectivity index (χ1) is 17.6.